The molecule has 30 heavy (non-hydrogen) atoms. The molecule has 1 amide bonds. The van der Waals surface area contributed by atoms with Crippen LogP contribution in [0.5, 0.6) is 0 Å². The second kappa shape index (κ2) is 6.49. The summed E-state index contributed by atoms with van der Waals surface area (Å²) in [5.74, 6) is -7.23. The molecule has 5 unspecified atom stereocenters. The number of nitrogens with two attached hydrogens (primary N) is 1. The molecule has 0 heterocycles. The predicted octanol–water partition coefficient (Wildman–Crippen LogP) is -0.771. The molecule has 1 aromatic carbocycles. The summed E-state index contributed by atoms with van der Waals surface area (Å²) in [4.78, 5) is 39.6. The molecule has 1 fully saturated rings. The van der Waals surface area contributed by atoms with Gasteiger partial charge in [-0.3, -0.25) is 19.3 Å². The Morgan fingerprint density at radius 2 is 1.83 bits per heavy atom. The summed E-state index contributed by atoms with van der Waals surface area (Å²) in [6, 6.07) is 5.47. The third kappa shape index (κ3) is 2.36. The van der Waals surface area contributed by atoms with Crippen molar-refractivity contribution >= 4 is 23.2 Å². The molecule has 0 radical (unpaired) electrons. The van der Waals surface area contributed by atoms with Crippen molar-refractivity contribution in [3.8, 4) is 0 Å². The van der Waals surface area contributed by atoms with Gasteiger partial charge in [0, 0.05) is 17.1 Å². The number of amides is 1. The van der Waals surface area contributed by atoms with E-state index in [-0.39, 0.29) is 12.0 Å². The number of hydrogen-bond donors (Lipinski definition) is 5. The van der Waals surface area contributed by atoms with Gasteiger partial charge >= 0.3 is 0 Å². The van der Waals surface area contributed by atoms with Crippen LogP contribution in [0.1, 0.15) is 11.1 Å². The summed E-state index contributed by atoms with van der Waals surface area (Å²) in [7, 11) is 2.97. The van der Waals surface area contributed by atoms with Crippen LogP contribution in [0.15, 0.2) is 41.2 Å². The molecule has 3 aliphatic carbocycles. The van der Waals surface area contributed by atoms with Crippen molar-refractivity contribution in [3.63, 3.8) is 0 Å². The lowest BCUT2D eigenvalue weighted by atomic mass is 9.56. The average Bonchev–Trinajstić information content (AvgIpc) is 2.68. The zero-order valence-corrected chi connectivity index (χ0v) is 16.4. The molecule has 1 aromatic rings. The van der Waals surface area contributed by atoms with Gasteiger partial charge in [-0.25, -0.2) is 0 Å². The van der Waals surface area contributed by atoms with Gasteiger partial charge in [0.25, 0.3) is 5.91 Å². The Balaban J connectivity index is 2.02. The van der Waals surface area contributed by atoms with Crippen LogP contribution in [0.2, 0.25) is 0 Å². The Labute approximate surface area is 171 Å². The number of aliphatic hydroxyl groups excluding tert-OH is 3. The second-order valence-corrected chi connectivity index (χ2v) is 8.20. The number of ketones is 2. The van der Waals surface area contributed by atoms with E-state index in [1.54, 1.807) is 24.3 Å². The number of hydrogen-bond acceptors (Lipinski definition) is 8. The van der Waals surface area contributed by atoms with E-state index in [9.17, 15) is 34.8 Å². The van der Waals surface area contributed by atoms with Gasteiger partial charge in [-0.2, -0.15) is 0 Å². The number of rotatable bonds is 2. The Bertz CT molecular complexity index is 1060. The van der Waals surface area contributed by atoms with Crippen molar-refractivity contribution in [2.24, 2.45) is 17.6 Å². The lowest BCUT2D eigenvalue weighted by molar-refractivity contribution is -0.168. The standard InChI is InChI=1S/C21H22N2O7/c1-23(2)14-13-16(25)10-7-8-5-3-4-6-9(8)15(24)11(10)18(27)21(13,30)19(28)12(17(14)26)20(22)29/h3-6,10,13-14,16,24-25,28,30H,7H2,1-2H3,(H2,22,29). The molecule has 6 N–H and O–H groups in total. The predicted molar refractivity (Wildman–Crippen MR) is 104 cm³/mol. The molecule has 0 aliphatic heterocycles. The first kappa shape index (κ1) is 20.3. The minimum Gasteiger partial charge on any atom is -0.508 e. The van der Waals surface area contributed by atoms with Crippen LogP contribution in [-0.4, -0.2) is 74.6 Å². The summed E-state index contributed by atoms with van der Waals surface area (Å²) in [5, 5.41) is 44.1. The van der Waals surface area contributed by atoms with E-state index >= 15 is 0 Å². The highest BCUT2D eigenvalue weighted by Crippen LogP contribution is 2.51. The molecular weight excluding hydrogens is 392 g/mol. The van der Waals surface area contributed by atoms with Crippen molar-refractivity contribution in [2.45, 2.75) is 24.2 Å². The lowest BCUT2D eigenvalue weighted by Crippen LogP contribution is -2.70. The van der Waals surface area contributed by atoms with Gasteiger partial charge in [-0.15, -0.1) is 0 Å². The average molecular weight is 414 g/mol. The molecule has 0 saturated heterocycles. The molecule has 9 heteroatoms. The molecule has 0 aromatic heterocycles. The Morgan fingerprint density at radius 3 is 2.43 bits per heavy atom. The van der Waals surface area contributed by atoms with Gasteiger partial charge in [0.2, 0.25) is 5.78 Å². The first-order valence-electron chi connectivity index (χ1n) is 9.44. The third-order valence-electron chi connectivity index (χ3n) is 6.45. The summed E-state index contributed by atoms with van der Waals surface area (Å²) < 4.78 is 0. The van der Waals surface area contributed by atoms with E-state index in [0.717, 1.165) is 0 Å². The molecule has 5 atom stereocenters. The minimum absolute atomic E-state index is 0.191. The number of nitrogens with zero attached hydrogens (tertiary/aromatic N) is 1. The van der Waals surface area contributed by atoms with E-state index in [1.165, 1.54) is 19.0 Å². The van der Waals surface area contributed by atoms with Crippen LogP contribution in [0, 0.1) is 11.8 Å². The number of fused-ring (bicyclic) bond motifs is 3. The molecule has 0 bridgehead atoms. The van der Waals surface area contributed by atoms with Gasteiger partial charge < -0.3 is 26.2 Å². The Kier molecular flexibility index (Phi) is 4.39. The van der Waals surface area contributed by atoms with E-state index in [1.807, 2.05) is 0 Å². The van der Waals surface area contributed by atoms with Crippen molar-refractivity contribution < 1.29 is 34.8 Å². The molecular formula is C21H22N2O7. The molecule has 0 spiro atoms. The van der Waals surface area contributed by atoms with Gasteiger partial charge in [0.15, 0.2) is 11.4 Å². The summed E-state index contributed by atoms with van der Waals surface area (Å²) in [6.45, 7) is 0. The van der Waals surface area contributed by atoms with Gasteiger partial charge in [0.05, 0.1) is 18.1 Å². The molecule has 158 valence electrons. The first-order valence-corrected chi connectivity index (χ1v) is 9.44. The smallest absolute Gasteiger partial charge is 0.255 e. The zero-order chi connectivity index (χ0) is 22.1. The second-order valence-electron chi connectivity index (χ2n) is 8.20. The normalized spacial score (nSPS) is 33.4. The molecule has 1 saturated carbocycles. The Hall–Kier alpha value is -3.01. The topological polar surface area (TPSA) is 161 Å². The van der Waals surface area contributed by atoms with Gasteiger partial charge in [0.1, 0.15) is 17.1 Å². The first-order chi connectivity index (χ1) is 14.0. The van der Waals surface area contributed by atoms with E-state index in [2.05, 4.69) is 0 Å². The number of primary amides is 1. The van der Waals surface area contributed by atoms with Gasteiger partial charge in [-0.05, 0) is 26.1 Å². The SMILES string of the molecule is CN(C)C1C(=O)C(C(N)=O)=C(O)C2(O)C(=O)C3=C(O)c4ccccc4CC3C(O)C12. The highest BCUT2D eigenvalue weighted by Gasteiger charge is 2.67. The number of likely N-dealkylation sites (N-methyl/N-ethyl adjacent to an activating group) is 1. The minimum atomic E-state index is -2.79. The number of carbonyl (C=O) groups is 3. The maximum absolute atomic E-state index is 13.5. The lowest BCUT2D eigenvalue weighted by Gasteiger charge is -2.52. The number of Topliss-reactive ketones (excluding diaryl/α,β-unsaturated/α-hetero) is 2. The van der Waals surface area contributed by atoms with Crippen LogP contribution in [0.4, 0.5) is 0 Å². The maximum Gasteiger partial charge on any atom is 0.255 e. The number of carbonyl (C=O) groups excluding carboxylic acids is 3. The van der Waals surface area contributed by atoms with Gasteiger partial charge in [-0.1, -0.05) is 24.3 Å². The summed E-state index contributed by atoms with van der Waals surface area (Å²) in [5.41, 5.74) is 2.40. The van der Waals surface area contributed by atoms with Crippen LogP contribution < -0.4 is 5.73 Å². The fourth-order valence-corrected chi connectivity index (χ4v) is 5.10. The van der Waals surface area contributed by atoms with Crippen LogP contribution in [0.3, 0.4) is 0 Å². The van der Waals surface area contributed by atoms with Crippen molar-refractivity contribution in [1.82, 2.24) is 4.90 Å². The molecule has 4 rings (SSSR count). The van der Waals surface area contributed by atoms with E-state index < -0.39 is 64.1 Å². The highest BCUT2D eigenvalue weighted by atomic mass is 16.4. The maximum atomic E-state index is 13.5. The van der Waals surface area contributed by atoms with E-state index in [4.69, 9.17) is 5.73 Å². The summed E-state index contributed by atoms with van der Waals surface area (Å²) in [6.07, 6.45) is -1.29. The zero-order valence-electron chi connectivity index (χ0n) is 16.4. The van der Waals surface area contributed by atoms with Crippen LogP contribution >= 0.6 is 0 Å². The van der Waals surface area contributed by atoms with Crippen molar-refractivity contribution in [2.75, 3.05) is 14.1 Å². The fraction of sp³-hybridized carbons (Fsp3) is 0.381. The fourth-order valence-electron chi connectivity index (χ4n) is 5.10. The molecule has 9 nitrogen and oxygen atoms in total. The summed E-state index contributed by atoms with van der Waals surface area (Å²) >= 11 is 0. The highest BCUT2D eigenvalue weighted by molar-refractivity contribution is 6.24. The number of aliphatic hydroxyl groups is 4. The van der Waals surface area contributed by atoms with Crippen LogP contribution in [0.25, 0.3) is 5.76 Å². The third-order valence-corrected chi connectivity index (χ3v) is 6.45. The van der Waals surface area contributed by atoms with Crippen molar-refractivity contribution in [1.29, 1.82) is 0 Å². The quantitative estimate of drug-likeness (QED) is 0.394. The van der Waals surface area contributed by atoms with E-state index in [0.29, 0.717) is 11.1 Å². The van der Waals surface area contributed by atoms with Crippen LogP contribution in [-0.2, 0) is 20.8 Å². The molecule has 3 aliphatic rings. The van der Waals surface area contributed by atoms with Crippen molar-refractivity contribution in [3.05, 3.63) is 52.3 Å². The monoisotopic (exact) mass is 414 g/mol. The Morgan fingerprint density at radius 1 is 1.20 bits per heavy atom. The largest absolute Gasteiger partial charge is 0.508 e. The number of benzene rings is 1.